The van der Waals surface area contributed by atoms with E-state index in [1.165, 1.54) is 19.3 Å². The summed E-state index contributed by atoms with van der Waals surface area (Å²) in [6.07, 6.45) is 8.02. The van der Waals surface area contributed by atoms with Crippen molar-refractivity contribution in [2.24, 2.45) is 11.8 Å². The monoisotopic (exact) mass is 194 g/mol. The van der Waals surface area contributed by atoms with E-state index < -0.39 is 0 Å². The smallest absolute Gasteiger partial charge is 0.161 e. The highest BCUT2D eigenvalue weighted by Gasteiger charge is 2.20. The van der Waals surface area contributed by atoms with E-state index in [0.717, 1.165) is 18.4 Å². The molecule has 0 aromatic carbocycles. The normalized spacial score (nSPS) is 20.1. The molecule has 0 spiro atoms. The van der Waals surface area contributed by atoms with Crippen molar-refractivity contribution >= 4 is 5.78 Å². The van der Waals surface area contributed by atoms with E-state index in [4.69, 9.17) is 0 Å². The Kier molecular flexibility index (Phi) is 4.37. The predicted octanol–water partition coefficient (Wildman–Crippen LogP) is 3.74. The molecule has 0 N–H and O–H groups in total. The first-order valence-electron chi connectivity index (χ1n) is 5.86. The van der Waals surface area contributed by atoms with Crippen molar-refractivity contribution in [2.75, 3.05) is 0 Å². The molecule has 0 aliphatic heterocycles. The van der Waals surface area contributed by atoms with Gasteiger partial charge in [0.15, 0.2) is 5.78 Å². The van der Waals surface area contributed by atoms with Gasteiger partial charge in [0, 0.05) is 5.92 Å². The molecule has 1 unspecified atom stereocenters. The summed E-state index contributed by atoms with van der Waals surface area (Å²) in [6, 6.07) is 0. The fraction of sp³-hybridized carbons (Fsp3) is 0.769. The number of allylic oxidation sites excluding steroid dienone is 2. The molecule has 0 amide bonds. The van der Waals surface area contributed by atoms with E-state index in [1.54, 1.807) is 0 Å². The van der Waals surface area contributed by atoms with Gasteiger partial charge in [0.1, 0.15) is 0 Å². The molecular formula is C13H22O. The maximum atomic E-state index is 12.0. The van der Waals surface area contributed by atoms with Gasteiger partial charge >= 0.3 is 0 Å². The first kappa shape index (κ1) is 11.5. The second-order valence-electron chi connectivity index (χ2n) is 4.73. The third-order valence-electron chi connectivity index (χ3n) is 3.27. The Morgan fingerprint density at radius 1 is 1.21 bits per heavy atom. The van der Waals surface area contributed by atoms with E-state index in [0.29, 0.717) is 11.7 Å². The summed E-state index contributed by atoms with van der Waals surface area (Å²) in [5.74, 6) is 1.05. The molecule has 0 aromatic rings. The molecule has 1 aliphatic carbocycles. The maximum absolute atomic E-state index is 12.0. The Bertz CT molecular complexity index is 225. The molecule has 0 heterocycles. The topological polar surface area (TPSA) is 17.1 Å². The molecule has 1 rings (SSSR count). The minimum absolute atomic E-state index is 0.194. The molecule has 1 nitrogen and oxygen atoms in total. The summed E-state index contributed by atoms with van der Waals surface area (Å²) in [5, 5.41) is 0. The van der Waals surface area contributed by atoms with Gasteiger partial charge in [0.05, 0.1) is 0 Å². The van der Waals surface area contributed by atoms with Crippen LogP contribution in [0.3, 0.4) is 0 Å². The molecule has 1 heteroatoms. The first-order valence-corrected chi connectivity index (χ1v) is 5.86. The molecule has 0 aromatic heterocycles. The Hall–Kier alpha value is -0.590. The number of ketones is 1. The lowest BCUT2D eigenvalue weighted by Gasteiger charge is -2.15. The third kappa shape index (κ3) is 2.97. The van der Waals surface area contributed by atoms with Crippen LogP contribution in [0.4, 0.5) is 0 Å². The zero-order chi connectivity index (χ0) is 10.6. The summed E-state index contributed by atoms with van der Waals surface area (Å²) < 4.78 is 0. The second kappa shape index (κ2) is 5.33. The summed E-state index contributed by atoms with van der Waals surface area (Å²) in [7, 11) is 0. The van der Waals surface area contributed by atoms with Crippen molar-refractivity contribution in [3.8, 4) is 0 Å². The van der Waals surface area contributed by atoms with E-state index >= 15 is 0 Å². The summed E-state index contributed by atoms with van der Waals surface area (Å²) >= 11 is 0. The van der Waals surface area contributed by atoms with Crippen LogP contribution < -0.4 is 0 Å². The van der Waals surface area contributed by atoms with Crippen LogP contribution in [0.2, 0.25) is 0 Å². The molecule has 0 bridgehead atoms. The van der Waals surface area contributed by atoms with Crippen LogP contribution in [0, 0.1) is 11.8 Å². The summed E-state index contributed by atoms with van der Waals surface area (Å²) in [4.78, 5) is 12.0. The fourth-order valence-corrected chi connectivity index (χ4v) is 1.83. The summed E-state index contributed by atoms with van der Waals surface area (Å²) in [6.45, 7) is 6.30. The van der Waals surface area contributed by atoms with Crippen LogP contribution in [0.25, 0.3) is 0 Å². The summed E-state index contributed by atoms with van der Waals surface area (Å²) in [5.41, 5.74) is 1.10. The number of hydrogen-bond donors (Lipinski definition) is 0. The highest BCUT2D eigenvalue weighted by molar-refractivity contribution is 5.97. The molecule has 1 atom stereocenters. The van der Waals surface area contributed by atoms with Crippen LogP contribution in [0.5, 0.6) is 0 Å². The van der Waals surface area contributed by atoms with Gasteiger partial charge < -0.3 is 0 Å². The Morgan fingerprint density at radius 3 is 2.57 bits per heavy atom. The second-order valence-corrected chi connectivity index (χ2v) is 4.73. The van der Waals surface area contributed by atoms with Crippen LogP contribution in [-0.4, -0.2) is 5.78 Å². The average Bonchev–Trinajstić information content (AvgIpc) is 2.43. The molecule has 0 saturated heterocycles. The Labute approximate surface area is 87.6 Å². The number of rotatable bonds is 3. The Balaban J connectivity index is 2.62. The minimum atomic E-state index is 0.194. The van der Waals surface area contributed by atoms with Gasteiger partial charge in [-0.05, 0) is 37.2 Å². The fourth-order valence-electron chi connectivity index (χ4n) is 1.83. The van der Waals surface area contributed by atoms with Gasteiger partial charge in [-0.1, -0.05) is 33.3 Å². The molecule has 1 aliphatic rings. The number of carbonyl (C=O) groups is 1. The van der Waals surface area contributed by atoms with Crippen LogP contribution >= 0.6 is 0 Å². The first-order chi connectivity index (χ1) is 6.63. The van der Waals surface area contributed by atoms with Crippen molar-refractivity contribution in [1.29, 1.82) is 0 Å². The number of Topliss-reactive ketones (excluding diaryl/α,β-unsaturated/α-hetero) is 1. The van der Waals surface area contributed by atoms with Crippen LogP contribution in [-0.2, 0) is 4.79 Å². The average molecular weight is 194 g/mol. The van der Waals surface area contributed by atoms with Crippen molar-refractivity contribution in [2.45, 2.75) is 52.9 Å². The quantitative estimate of drug-likeness (QED) is 0.669. The van der Waals surface area contributed by atoms with Gasteiger partial charge in [0.2, 0.25) is 0 Å². The van der Waals surface area contributed by atoms with Crippen molar-refractivity contribution < 1.29 is 4.79 Å². The van der Waals surface area contributed by atoms with Crippen molar-refractivity contribution in [3.05, 3.63) is 11.6 Å². The molecule has 0 radical (unpaired) electrons. The lowest BCUT2D eigenvalue weighted by Crippen LogP contribution is -2.18. The molecular weight excluding hydrogens is 172 g/mol. The largest absolute Gasteiger partial charge is 0.294 e. The number of hydrogen-bond acceptors (Lipinski definition) is 1. The van der Waals surface area contributed by atoms with E-state index in [9.17, 15) is 4.79 Å². The minimum Gasteiger partial charge on any atom is -0.294 e. The Morgan fingerprint density at radius 2 is 1.93 bits per heavy atom. The van der Waals surface area contributed by atoms with E-state index in [-0.39, 0.29) is 5.92 Å². The van der Waals surface area contributed by atoms with Crippen molar-refractivity contribution in [3.63, 3.8) is 0 Å². The van der Waals surface area contributed by atoms with Gasteiger partial charge in [0.25, 0.3) is 0 Å². The SMILES string of the molecule is CC(C)C(C)C(=O)C1=CCCCCC1. The molecule has 0 saturated carbocycles. The van der Waals surface area contributed by atoms with Gasteiger partial charge in [-0.3, -0.25) is 4.79 Å². The lowest BCUT2D eigenvalue weighted by molar-refractivity contribution is -0.120. The number of carbonyl (C=O) groups excluding carboxylic acids is 1. The zero-order valence-corrected chi connectivity index (χ0v) is 9.68. The van der Waals surface area contributed by atoms with Gasteiger partial charge in [-0.25, -0.2) is 0 Å². The van der Waals surface area contributed by atoms with Crippen molar-refractivity contribution in [1.82, 2.24) is 0 Å². The standard InChI is InChI=1S/C13H22O/c1-10(2)11(3)13(14)12-8-6-4-5-7-9-12/h8,10-11H,4-7,9H2,1-3H3. The molecule has 14 heavy (non-hydrogen) atoms. The highest BCUT2D eigenvalue weighted by Crippen LogP contribution is 2.23. The maximum Gasteiger partial charge on any atom is 0.161 e. The predicted molar refractivity (Wildman–Crippen MR) is 60.2 cm³/mol. The molecule has 0 fully saturated rings. The van der Waals surface area contributed by atoms with Crippen LogP contribution in [0.15, 0.2) is 11.6 Å². The van der Waals surface area contributed by atoms with Crippen LogP contribution in [0.1, 0.15) is 52.9 Å². The molecule has 80 valence electrons. The van der Waals surface area contributed by atoms with E-state index in [2.05, 4.69) is 26.8 Å². The lowest BCUT2D eigenvalue weighted by atomic mass is 9.88. The third-order valence-corrected chi connectivity index (χ3v) is 3.27. The highest BCUT2D eigenvalue weighted by atomic mass is 16.1. The van der Waals surface area contributed by atoms with Gasteiger partial charge in [-0.2, -0.15) is 0 Å². The van der Waals surface area contributed by atoms with Gasteiger partial charge in [-0.15, -0.1) is 0 Å². The van der Waals surface area contributed by atoms with E-state index in [1.807, 2.05) is 0 Å². The zero-order valence-electron chi connectivity index (χ0n) is 9.68.